The second-order valence-corrected chi connectivity index (χ2v) is 8.71. The molecular weight excluding hydrogens is 497 g/mol. The molecular formula is C24H24ClF3N6O2. The van der Waals surface area contributed by atoms with Gasteiger partial charge in [0.15, 0.2) is 5.69 Å². The molecule has 0 saturated heterocycles. The molecule has 0 atom stereocenters. The highest BCUT2D eigenvalue weighted by Gasteiger charge is 2.31. The Morgan fingerprint density at radius 2 is 2.03 bits per heavy atom. The van der Waals surface area contributed by atoms with Gasteiger partial charge in [-0.3, -0.25) is 14.9 Å². The number of benzene rings is 1. The molecule has 4 rings (SSSR count). The van der Waals surface area contributed by atoms with Crippen LogP contribution in [0.3, 0.4) is 0 Å². The number of hydrogen-bond acceptors (Lipinski definition) is 4. The number of alkyl halides is 3. The summed E-state index contributed by atoms with van der Waals surface area (Å²) in [5, 5.41) is 12.5. The van der Waals surface area contributed by atoms with Crippen molar-refractivity contribution >= 4 is 29.2 Å². The lowest BCUT2D eigenvalue weighted by Gasteiger charge is -2.27. The molecule has 2 aromatic heterocycles. The number of para-hydroxylation sites is 1. The predicted octanol–water partition coefficient (Wildman–Crippen LogP) is 4.60. The topological polar surface area (TPSA) is 103 Å². The molecule has 0 fully saturated rings. The minimum atomic E-state index is -4.53. The Hall–Kier alpha value is -3.60. The molecule has 8 nitrogen and oxygen atoms in total. The molecule has 190 valence electrons. The lowest BCUT2D eigenvalue weighted by molar-refractivity contribution is -0.137. The van der Waals surface area contributed by atoms with Gasteiger partial charge in [0.25, 0.3) is 5.91 Å². The summed E-state index contributed by atoms with van der Waals surface area (Å²) in [6.07, 6.45) is -2.42. The average molecular weight is 521 g/mol. The van der Waals surface area contributed by atoms with Gasteiger partial charge in [0, 0.05) is 37.0 Å². The number of aromatic nitrogens is 3. The van der Waals surface area contributed by atoms with E-state index < -0.39 is 17.6 Å². The fourth-order valence-electron chi connectivity index (χ4n) is 4.01. The molecule has 0 aliphatic carbocycles. The number of aromatic amines is 1. The van der Waals surface area contributed by atoms with Gasteiger partial charge in [-0.05, 0) is 30.5 Å². The number of carbonyl (C=O) groups excluding carboxylic acids is 2. The van der Waals surface area contributed by atoms with Gasteiger partial charge < -0.3 is 15.5 Å². The molecule has 0 spiro atoms. The molecule has 0 saturated carbocycles. The van der Waals surface area contributed by atoms with Crippen molar-refractivity contribution in [3.63, 3.8) is 0 Å². The monoisotopic (exact) mass is 520 g/mol. The minimum absolute atomic E-state index is 0.115. The van der Waals surface area contributed by atoms with Crippen LogP contribution in [-0.4, -0.2) is 45.1 Å². The molecule has 1 aliphatic heterocycles. The highest BCUT2D eigenvalue weighted by molar-refractivity contribution is 6.31. The van der Waals surface area contributed by atoms with Crippen molar-refractivity contribution in [3.05, 3.63) is 75.3 Å². The Balaban J connectivity index is 1.34. The third-order valence-corrected chi connectivity index (χ3v) is 6.29. The quantitative estimate of drug-likeness (QED) is 0.442. The van der Waals surface area contributed by atoms with E-state index in [9.17, 15) is 22.8 Å². The number of rotatable bonds is 6. The van der Waals surface area contributed by atoms with E-state index in [1.807, 2.05) is 31.2 Å². The van der Waals surface area contributed by atoms with Crippen molar-refractivity contribution in [2.75, 3.05) is 18.4 Å². The number of H-pyrrole nitrogens is 1. The number of fused-ring (bicyclic) bond motifs is 1. The first kappa shape index (κ1) is 25.5. The lowest BCUT2D eigenvalue weighted by Crippen LogP contribution is -2.39. The SMILES string of the molecule is CCc1ccccc1NC(=O)N1CCc2c(C(=O)NCCc3ncc(C(F)(F)F)cc3Cl)n[nH]c2C1. The van der Waals surface area contributed by atoms with Gasteiger partial charge >= 0.3 is 12.2 Å². The summed E-state index contributed by atoms with van der Waals surface area (Å²) in [6, 6.07) is 8.20. The third kappa shape index (κ3) is 5.62. The van der Waals surface area contributed by atoms with Crippen LogP contribution in [0.2, 0.25) is 5.02 Å². The van der Waals surface area contributed by atoms with E-state index in [-0.39, 0.29) is 42.0 Å². The van der Waals surface area contributed by atoms with E-state index in [0.717, 1.165) is 35.5 Å². The Morgan fingerprint density at radius 1 is 1.25 bits per heavy atom. The Bertz CT molecular complexity index is 1280. The Morgan fingerprint density at radius 3 is 2.75 bits per heavy atom. The summed E-state index contributed by atoms with van der Waals surface area (Å²) < 4.78 is 38.3. The maximum Gasteiger partial charge on any atom is 0.417 e. The first-order chi connectivity index (χ1) is 17.2. The van der Waals surface area contributed by atoms with Crippen molar-refractivity contribution in [2.24, 2.45) is 0 Å². The Kier molecular flexibility index (Phi) is 7.48. The van der Waals surface area contributed by atoms with Crippen LogP contribution in [0.1, 0.15) is 45.5 Å². The number of nitrogens with zero attached hydrogens (tertiary/aromatic N) is 3. The van der Waals surface area contributed by atoms with E-state index >= 15 is 0 Å². The fourth-order valence-corrected chi connectivity index (χ4v) is 4.27. The molecule has 0 bridgehead atoms. The van der Waals surface area contributed by atoms with Crippen LogP contribution in [0, 0.1) is 0 Å². The summed E-state index contributed by atoms with van der Waals surface area (Å²) in [7, 11) is 0. The van der Waals surface area contributed by atoms with Gasteiger partial charge in [0.05, 0.1) is 28.5 Å². The zero-order valence-electron chi connectivity index (χ0n) is 19.4. The van der Waals surface area contributed by atoms with Gasteiger partial charge in [0.2, 0.25) is 0 Å². The first-order valence-corrected chi connectivity index (χ1v) is 11.7. The molecule has 1 aliphatic rings. The molecule has 0 radical (unpaired) electrons. The van der Waals surface area contributed by atoms with Gasteiger partial charge in [0.1, 0.15) is 0 Å². The smallest absolute Gasteiger partial charge is 0.350 e. The van der Waals surface area contributed by atoms with E-state index in [2.05, 4.69) is 25.8 Å². The number of urea groups is 1. The van der Waals surface area contributed by atoms with Gasteiger partial charge in [-0.15, -0.1) is 0 Å². The van der Waals surface area contributed by atoms with E-state index in [4.69, 9.17) is 11.6 Å². The predicted molar refractivity (Wildman–Crippen MR) is 128 cm³/mol. The molecule has 3 amide bonds. The van der Waals surface area contributed by atoms with Crippen LogP contribution in [0.15, 0.2) is 36.5 Å². The van der Waals surface area contributed by atoms with Crippen molar-refractivity contribution in [2.45, 2.75) is 38.9 Å². The molecule has 3 heterocycles. The third-order valence-electron chi connectivity index (χ3n) is 5.97. The van der Waals surface area contributed by atoms with Crippen LogP contribution in [0.5, 0.6) is 0 Å². The van der Waals surface area contributed by atoms with Crippen LogP contribution in [0.4, 0.5) is 23.7 Å². The number of hydrogen-bond donors (Lipinski definition) is 3. The highest BCUT2D eigenvalue weighted by Crippen LogP contribution is 2.31. The van der Waals surface area contributed by atoms with Crippen LogP contribution < -0.4 is 10.6 Å². The molecule has 3 aromatic rings. The fraction of sp³-hybridized carbons (Fsp3) is 0.333. The zero-order chi connectivity index (χ0) is 25.9. The van der Waals surface area contributed by atoms with Gasteiger partial charge in [-0.2, -0.15) is 18.3 Å². The summed E-state index contributed by atoms with van der Waals surface area (Å²) in [6.45, 7) is 2.83. The summed E-state index contributed by atoms with van der Waals surface area (Å²) in [5.41, 5.74) is 2.77. The van der Waals surface area contributed by atoms with Crippen molar-refractivity contribution in [3.8, 4) is 0 Å². The second kappa shape index (κ2) is 10.6. The number of nitrogens with one attached hydrogen (secondary N) is 3. The minimum Gasteiger partial charge on any atom is -0.350 e. The molecule has 0 unspecified atom stereocenters. The van der Waals surface area contributed by atoms with Crippen molar-refractivity contribution in [1.82, 2.24) is 25.4 Å². The largest absolute Gasteiger partial charge is 0.417 e. The van der Waals surface area contributed by atoms with E-state index in [1.54, 1.807) is 4.90 Å². The lowest BCUT2D eigenvalue weighted by atomic mass is 10.0. The van der Waals surface area contributed by atoms with Crippen molar-refractivity contribution in [1.29, 1.82) is 0 Å². The molecule has 12 heteroatoms. The molecule has 1 aromatic carbocycles. The maximum atomic E-state index is 12.8. The van der Waals surface area contributed by atoms with Crippen molar-refractivity contribution < 1.29 is 22.8 Å². The molecule has 36 heavy (non-hydrogen) atoms. The number of anilines is 1. The highest BCUT2D eigenvalue weighted by atomic mass is 35.5. The molecule has 3 N–H and O–H groups in total. The maximum absolute atomic E-state index is 12.8. The summed E-state index contributed by atoms with van der Waals surface area (Å²) in [4.78, 5) is 30.9. The first-order valence-electron chi connectivity index (χ1n) is 11.4. The number of aryl methyl sites for hydroxylation is 1. The number of halogens is 4. The Labute approximate surface area is 210 Å². The number of pyridine rings is 1. The van der Waals surface area contributed by atoms with E-state index in [0.29, 0.717) is 18.7 Å². The average Bonchev–Trinajstić information content (AvgIpc) is 3.28. The van der Waals surface area contributed by atoms with Crippen LogP contribution in [-0.2, 0) is 32.0 Å². The summed E-state index contributed by atoms with van der Waals surface area (Å²) >= 11 is 5.92. The van der Waals surface area contributed by atoms with Crippen LogP contribution in [0.25, 0.3) is 0 Å². The normalized spacial score (nSPS) is 13.3. The zero-order valence-corrected chi connectivity index (χ0v) is 20.1. The number of carbonyl (C=O) groups is 2. The second-order valence-electron chi connectivity index (χ2n) is 8.30. The standard InChI is InChI=1S/C24H24ClF3N6O2/c1-2-14-5-3-4-6-18(14)31-23(36)34-10-8-16-20(13-34)32-33-21(16)22(35)29-9-7-19-17(25)11-15(12-30-19)24(26,27)28/h3-6,11-12H,2,7-10,13H2,1H3,(H,29,35)(H,31,36)(H,32,33). The van der Waals surface area contributed by atoms with Gasteiger partial charge in [-0.25, -0.2) is 4.79 Å². The number of amides is 3. The van der Waals surface area contributed by atoms with E-state index in [1.165, 1.54) is 0 Å². The van der Waals surface area contributed by atoms with Gasteiger partial charge in [-0.1, -0.05) is 36.7 Å². The van der Waals surface area contributed by atoms with Crippen LogP contribution >= 0.6 is 11.6 Å². The summed E-state index contributed by atoms with van der Waals surface area (Å²) in [5.74, 6) is -0.426.